The number of hydrogen-bond donors (Lipinski definition) is 1. The highest BCUT2D eigenvalue weighted by Gasteiger charge is 2.31. The molecule has 1 saturated heterocycles. The summed E-state index contributed by atoms with van der Waals surface area (Å²) in [6.07, 6.45) is 3.90. The number of furan rings is 1. The van der Waals surface area contributed by atoms with Crippen molar-refractivity contribution >= 4 is 21.4 Å². The van der Waals surface area contributed by atoms with E-state index in [1.807, 2.05) is 13.0 Å². The van der Waals surface area contributed by atoms with Gasteiger partial charge in [0, 0.05) is 24.2 Å². The van der Waals surface area contributed by atoms with Crippen LogP contribution >= 0.6 is 11.6 Å². The second-order valence-electron chi connectivity index (χ2n) is 5.59. The molecular formula is C14H18ClN3O3S. The van der Waals surface area contributed by atoms with Crippen LogP contribution in [0.15, 0.2) is 23.0 Å². The summed E-state index contributed by atoms with van der Waals surface area (Å²) in [6.45, 7) is 3.14. The maximum atomic E-state index is 11.6. The standard InChI is InChI=1S/C14H18ClN3O3S/c1-10-13(7-16-6-11-2-4-21-8-11)14(15)18(17-10)12-3-5-22(19,20)9-12/h2,4,8,12,16H,3,5-7,9H2,1H3/t12-/m1/s1. The lowest BCUT2D eigenvalue weighted by Crippen LogP contribution is -2.14. The zero-order valence-corrected chi connectivity index (χ0v) is 13.8. The molecule has 6 nitrogen and oxygen atoms in total. The Labute approximate surface area is 134 Å². The predicted molar refractivity (Wildman–Crippen MR) is 83.5 cm³/mol. The number of nitrogens with one attached hydrogen (secondary N) is 1. The molecule has 3 heterocycles. The molecule has 1 aliphatic heterocycles. The van der Waals surface area contributed by atoms with Crippen LogP contribution in [0, 0.1) is 6.92 Å². The fraction of sp³-hybridized carbons (Fsp3) is 0.500. The highest BCUT2D eigenvalue weighted by atomic mass is 35.5. The Morgan fingerprint density at radius 1 is 1.50 bits per heavy atom. The lowest BCUT2D eigenvalue weighted by atomic mass is 10.2. The van der Waals surface area contributed by atoms with Crippen molar-refractivity contribution in [2.75, 3.05) is 11.5 Å². The van der Waals surface area contributed by atoms with E-state index < -0.39 is 9.84 Å². The van der Waals surface area contributed by atoms with Crippen LogP contribution in [-0.4, -0.2) is 29.7 Å². The Kier molecular flexibility index (Phi) is 4.29. The molecule has 1 fully saturated rings. The van der Waals surface area contributed by atoms with Crippen molar-refractivity contribution < 1.29 is 12.8 Å². The molecule has 0 bridgehead atoms. The summed E-state index contributed by atoms with van der Waals surface area (Å²) < 4.78 is 29.9. The first kappa shape index (κ1) is 15.6. The molecule has 0 amide bonds. The first-order chi connectivity index (χ1) is 10.5. The summed E-state index contributed by atoms with van der Waals surface area (Å²) >= 11 is 6.41. The van der Waals surface area contributed by atoms with Gasteiger partial charge >= 0.3 is 0 Å². The van der Waals surface area contributed by atoms with Crippen molar-refractivity contribution in [3.63, 3.8) is 0 Å². The van der Waals surface area contributed by atoms with Crippen molar-refractivity contribution in [3.05, 3.63) is 40.6 Å². The van der Waals surface area contributed by atoms with Gasteiger partial charge in [0.05, 0.1) is 35.8 Å². The number of rotatable bonds is 5. The van der Waals surface area contributed by atoms with Gasteiger partial charge in [-0.1, -0.05) is 11.6 Å². The largest absolute Gasteiger partial charge is 0.472 e. The van der Waals surface area contributed by atoms with Crippen molar-refractivity contribution in [1.29, 1.82) is 0 Å². The van der Waals surface area contributed by atoms with E-state index in [0.717, 1.165) is 16.8 Å². The lowest BCUT2D eigenvalue weighted by Gasteiger charge is -2.10. The number of nitrogens with zero attached hydrogens (tertiary/aromatic N) is 2. The fourth-order valence-electron chi connectivity index (χ4n) is 2.69. The molecule has 0 spiro atoms. The summed E-state index contributed by atoms with van der Waals surface area (Å²) in [5, 5.41) is 8.25. The van der Waals surface area contributed by atoms with Crippen LogP contribution in [0.2, 0.25) is 5.15 Å². The van der Waals surface area contributed by atoms with Crippen LogP contribution in [0.5, 0.6) is 0 Å². The first-order valence-corrected chi connectivity index (χ1v) is 9.32. The quantitative estimate of drug-likeness (QED) is 0.899. The third kappa shape index (κ3) is 3.21. The highest BCUT2D eigenvalue weighted by Crippen LogP contribution is 2.29. The molecule has 0 aromatic carbocycles. The maximum absolute atomic E-state index is 11.6. The Morgan fingerprint density at radius 3 is 2.95 bits per heavy atom. The smallest absolute Gasteiger partial charge is 0.152 e. The fourth-order valence-corrected chi connectivity index (χ4v) is 4.76. The van der Waals surface area contributed by atoms with Crippen LogP contribution in [0.3, 0.4) is 0 Å². The third-order valence-electron chi connectivity index (χ3n) is 3.91. The highest BCUT2D eigenvalue weighted by molar-refractivity contribution is 7.91. The van der Waals surface area contributed by atoms with E-state index in [0.29, 0.717) is 24.7 Å². The van der Waals surface area contributed by atoms with Crippen LogP contribution in [0.4, 0.5) is 0 Å². The summed E-state index contributed by atoms with van der Waals surface area (Å²) in [5.74, 6) is 0.330. The normalized spacial score (nSPS) is 20.5. The van der Waals surface area contributed by atoms with Gasteiger partial charge in [-0.05, 0) is 19.4 Å². The van der Waals surface area contributed by atoms with E-state index in [4.69, 9.17) is 16.0 Å². The molecule has 3 rings (SSSR count). The van der Waals surface area contributed by atoms with E-state index >= 15 is 0 Å². The number of halogens is 1. The van der Waals surface area contributed by atoms with E-state index in [9.17, 15) is 8.42 Å². The Hall–Kier alpha value is -1.31. The van der Waals surface area contributed by atoms with Crippen molar-refractivity contribution in [1.82, 2.24) is 15.1 Å². The Balaban J connectivity index is 1.70. The number of sulfone groups is 1. The molecule has 0 aliphatic carbocycles. The lowest BCUT2D eigenvalue weighted by molar-refractivity contribution is 0.497. The zero-order chi connectivity index (χ0) is 15.7. The third-order valence-corrected chi connectivity index (χ3v) is 6.06. The second kappa shape index (κ2) is 6.06. The van der Waals surface area contributed by atoms with Gasteiger partial charge in [0.2, 0.25) is 0 Å². The molecule has 1 atom stereocenters. The molecule has 22 heavy (non-hydrogen) atoms. The van der Waals surface area contributed by atoms with Gasteiger partial charge in [-0.25, -0.2) is 13.1 Å². The van der Waals surface area contributed by atoms with Gasteiger partial charge < -0.3 is 9.73 Å². The molecule has 1 aliphatic rings. The molecule has 2 aromatic heterocycles. The van der Waals surface area contributed by atoms with Crippen LogP contribution in [-0.2, 0) is 22.9 Å². The Bertz CT molecular complexity index is 753. The molecule has 8 heteroatoms. The maximum Gasteiger partial charge on any atom is 0.152 e. The molecular weight excluding hydrogens is 326 g/mol. The van der Waals surface area contributed by atoms with Crippen LogP contribution in [0.1, 0.15) is 29.3 Å². The monoisotopic (exact) mass is 343 g/mol. The number of hydrogen-bond acceptors (Lipinski definition) is 5. The van der Waals surface area contributed by atoms with Crippen LogP contribution < -0.4 is 5.32 Å². The predicted octanol–water partition coefficient (Wildman–Crippen LogP) is 2.09. The zero-order valence-electron chi connectivity index (χ0n) is 12.3. The van der Waals surface area contributed by atoms with E-state index in [1.165, 1.54) is 0 Å². The van der Waals surface area contributed by atoms with E-state index in [1.54, 1.807) is 17.2 Å². The van der Waals surface area contributed by atoms with Gasteiger partial charge in [0.25, 0.3) is 0 Å². The molecule has 2 aromatic rings. The van der Waals surface area contributed by atoms with Gasteiger partial charge in [-0.3, -0.25) is 0 Å². The second-order valence-corrected chi connectivity index (χ2v) is 8.18. The minimum Gasteiger partial charge on any atom is -0.472 e. The molecule has 0 unspecified atom stereocenters. The molecule has 120 valence electrons. The summed E-state index contributed by atoms with van der Waals surface area (Å²) in [5.41, 5.74) is 2.80. The Morgan fingerprint density at radius 2 is 2.32 bits per heavy atom. The van der Waals surface area contributed by atoms with E-state index in [2.05, 4.69) is 10.4 Å². The molecule has 0 radical (unpaired) electrons. The van der Waals surface area contributed by atoms with Gasteiger partial charge in [0.1, 0.15) is 5.15 Å². The van der Waals surface area contributed by atoms with Gasteiger partial charge in [0.15, 0.2) is 9.84 Å². The molecule has 0 saturated carbocycles. The van der Waals surface area contributed by atoms with Crippen molar-refractivity contribution in [2.24, 2.45) is 0 Å². The minimum atomic E-state index is -2.96. The number of aryl methyl sites for hydroxylation is 1. The SMILES string of the molecule is Cc1nn([C@@H]2CCS(=O)(=O)C2)c(Cl)c1CNCc1ccoc1. The topological polar surface area (TPSA) is 77.1 Å². The average molecular weight is 344 g/mol. The average Bonchev–Trinajstić information content (AvgIpc) is 3.14. The van der Waals surface area contributed by atoms with Crippen molar-refractivity contribution in [2.45, 2.75) is 32.5 Å². The number of aromatic nitrogens is 2. The van der Waals surface area contributed by atoms with Gasteiger partial charge in [-0.15, -0.1) is 0 Å². The molecule has 1 N–H and O–H groups in total. The van der Waals surface area contributed by atoms with Crippen molar-refractivity contribution in [3.8, 4) is 0 Å². The first-order valence-electron chi connectivity index (χ1n) is 7.12. The van der Waals surface area contributed by atoms with Crippen LogP contribution in [0.25, 0.3) is 0 Å². The van der Waals surface area contributed by atoms with E-state index in [-0.39, 0.29) is 17.5 Å². The summed E-state index contributed by atoms with van der Waals surface area (Å²) in [6, 6.07) is 1.74. The minimum absolute atomic E-state index is 0.121. The summed E-state index contributed by atoms with van der Waals surface area (Å²) in [4.78, 5) is 0. The van der Waals surface area contributed by atoms with Gasteiger partial charge in [-0.2, -0.15) is 5.10 Å². The summed E-state index contributed by atoms with van der Waals surface area (Å²) in [7, 11) is -2.96.